The lowest BCUT2D eigenvalue weighted by Crippen LogP contribution is -2.16. The predicted octanol–water partition coefficient (Wildman–Crippen LogP) is 4.42. The summed E-state index contributed by atoms with van der Waals surface area (Å²) >= 11 is 0. The van der Waals surface area contributed by atoms with Crippen molar-refractivity contribution in [2.24, 2.45) is 0 Å². The van der Waals surface area contributed by atoms with Gasteiger partial charge in [0.2, 0.25) is 0 Å². The highest BCUT2D eigenvalue weighted by Gasteiger charge is 2.24. The Hall–Kier alpha value is -2.63. The molecule has 0 spiro atoms. The monoisotopic (exact) mass is 313 g/mol. The Kier molecular flexibility index (Phi) is 3.28. The molecule has 0 saturated carbocycles. The summed E-state index contributed by atoms with van der Waals surface area (Å²) in [5, 5.41) is 10.8. The van der Waals surface area contributed by atoms with Crippen LogP contribution in [0.1, 0.15) is 37.6 Å². The second kappa shape index (κ2) is 4.94. The molecule has 0 N–H and O–H groups in total. The average molecular weight is 313 g/mol. The van der Waals surface area contributed by atoms with E-state index in [1.807, 2.05) is 17.5 Å². The molecule has 3 aromatic heterocycles. The van der Waals surface area contributed by atoms with Gasteiger partial charge >= 0.3 is 5.88 Å². The highest BCUT2D eigenvalue weighted by Crippen LogP contribution is 2.33. The maximum absolute atomic E-state index is 10.8. The molecule has 3 aromatic rings. The van der Waals surface area contributed by atoms with E-state index in [0.717, 1.165) is 16.9 Å². The van der Waals surface area contributed by atoms with Crippen molar-refractivity contribution in [3.05, 3.63) is 51.3 Å². The largest absolute Gasteiger partial charge is 0.433 e. The fourth-order valence-electron chi connectivity index (χ4n) is 3.07. The predicted molar refractivity (Wildman–Crippen MR) is 87.7 cm³/mol. The molecule has 0 aliphatic carbocycles. The zero-order valence-electron chi connectivity index (χ0n) is 13.9. The van der Waals surface area contributed by atoms with Crippen molar-refractivity contribution in [1.82, 2.24) is 9.38 Å². The molecule has 0 aromatic carbocycles. The SMILES string of the molecule is Cc1cc(C)n2cc(-c3ccc([N+](=O)[O-])o3)nc2c1C(C)(C)C. The first-order valence-electron chi connectivity index (χ1n) is 7.43. The van der Waals surface area contributed by atoms with Crippen LogP contribution in [0.2, 0.25) is 0 Å². The molecule has 23 heavy (non-hydrogen) atoms. The van der Waals surface area contributed by atoms with Gasteiger partial charge in [0.05, 0.1) is 6.07 Å². The van der Waals surface area contributed by atoms with Gasteiger partial charge in [-0.25, -0.2) is 4.98 Å². The molecule has 0 atom stereocenters. The van der Waals surface area contributed by atoms with E-state index in [2.05, 4.69) is 33.8 Å². The van der Waals surface area contributed by atoms with Crippen molar-refractivity contribution in [3.8, 4) is 11.5 Å². The van der Waals surface area contributed by atoms with Crippen molar-refractivity contribution in [2.45, 2.75) is 40.0 Å². The number of rotatable bonds is 2. The molecule has 3 rings (SSSR count). The number of aromatic nitrogens is 2. The lowest BCUT2D eigenvalue weighted by molar-refractivity contribution is -0.401. The van der Waals surface area contributed by atoms with E-state index >= 15 is 0 Å². The Morgan fingerprint density at radius 1 is 1.26 bits per heavy atom. The van der Waals surface area contributed by atoms with E-state index in [1.54, 1.807) is 6.07 Å². The minimum atomic E-state index is -0.546. The third-order valence-corrected chi connectivity index (χ3v) is 3.90. The van der Waals surface area contributed by atoms with Gasteiger partial charge in [0.1, 0.15) is 16.3 Å². The standard InChI is InChI=1S/C17H19N3O3/c1-10-8-11(2)19-9-12(13-6-7-14(23-13)20(21)22)18-16(19)15(10)17(3,4)5/h6-9H,1-5H3. The molecule has 0 aliphatic rings. The van der Waals surface area contributed by atoms with E-state index in [9.17, 15) is 10.1 Å². The van der Waals surface area contributed by atoms with Gasteiger partial charge in [-0.15, -0.1) is 0 Å². The lowest BCUT2D eigenvalue weighted by atomic mass is 9.84. The summed E-state index contributed by atoms with van der Waals surface area (Å²) in [5.74, 6) is 0.123. The fourth-order valence-corrected chi connectivity index (χ4v) is 3.07. The summed E-state index contributed by atoms with van der Waals surface area (Å²) in [5.41, 5.74) is 4.81. The van der Waals surface area contributed by atoms with E-state index in [-0.39, 0.29) is 11.3 Å². The van der Waals surface area contributed by atoms with Crippen molar-refractivity contribution in [1.29, 1.82) is 0 Å². The molecule has 6 nitrogen and oxygen atoms in total. The molecule has 0 bridgehead atoms. The van der Waals surface area contributed by atoms with Gasteiger partial charge in [-0.2, -0.15) is 0 Å². The number of hydrogen-bond acceptors (Lipinski definition) is 4. The van der Waals surface area contributed by atoms with Gasteiger partial charge in [-0.05, 0) is 37.0 Å². The molecule has 0 fully saturated rings. The molecule has 0 aliphatic heterocycles. The van der Waals surface area contributed by atoms with Gasteiger partial charge in [-0.3, -0.25) is 10.1 Å². The zero-order valence-corrected chi connectivity index (χ0v) is 13.9. The number of aryl methyl sites for hydroxylation is 2. The van der Waals surface area contributed by atoms with Gasteiger partial charge < -0.3 is 8.82 Å². The minimum absolute atomic E-state index is 0.0587. The zero-order chi connectivity index (χ0) is 16.9. The van der Waals surface area contributed by atoms with E-state index in [0.29, 0.717) is 11.5 Å². The Morgan fingerprint density at radius 2 is 1.96 bits per heavy atom. The number of nitro groups is 1. The Morgan fingerprint density at radius 3 is 2.52 bits per heavy atom. The van der Waals surface area contributed by atoms with Crippen LogP contribution >= 0.6 is 0 Å². The molecule has 120 valence electrons. The lowest BCUT2D eigenvalue weighted by Gasteiger charge is -2.23. The van der Waals surface area contributed by atoms with Crippen LogP contribution in [0.4, 0.5) is 5.88 Å². The van der Waals surface area contributed by atoms with Crippen LogP contribution in [-0.2, 0) is 5.41 Å². The summed E-state index contributed by atoms with van der Waals surface area (Å²) in [6.45, 7) is 10.5. The molecule has 0 unspecified atom stereocenters. The molecule has 3 heterocycles. The Labute approximate surface area is 133 Å². The fraction of sp³-hybridized carbons (Fsp3) is 0.353. The molecular weight excluding hydrogens is 294 g/mol. The summed E-state index contributed by atoms with van der Waals surface area (Å²) in [4.78, 5) is 14.9. The van der Waals surface area contributed by atoms with E-state index in [1.165, 1.54) is 11.6 Å². The summed E-state index contributed by atoms with van der Waals surface area (Å²) < 4.78 is 7.29. The molecule has 0 saturated heterocycles. The van der Waals surface area contributed by atoms with Crippen molar-refractivity contribution < 1.29 is 9.34 Å². The number of pyridine rings is 1. The maximum Gasteiger partial charge on any atom is 0.433 e. The number of furan rings is 1. The number of nitrogens with zero attached hydrogens (tertiary/aromatic N) is 3. The maximum atomic E-state index is 10.8. The first-order chi connectivity index (χ1) is 10.7. The van der Waals surface area contributed by atoms with E-state index in [4.69, 9.17) is 9.40 Å². The highest BCUT2D eigenvalue weighted by molar-refractivity contribution is 5.64. The van der Waals surface area contributed by atoms with Crippen LogP contribution < -0.4 is 0 Å². The van der Waals surface area contributed by atoms with Crippen LogP contribution in [0.5, 0.6) is 0 Å². The quantitative estimate of drug-likeness (QED) is 0.518. The average Bonchev–Trinajstić information content (AvgIpc) is 3.02. The third-order valence-electron chi connectivity index (χ3n) is 3.90. The van der Waals surface area contributed by atoms with Crippen LogP contribution in [0.15, 0.2) is 28.8 Å². The summed E-state index contributed by atoms with van der Waals surface area (Å²) in [6, 6.07) is 5.06. The number of imidazole rings is 1. The third kappa shape index (κ3) is 2.50. The van der Waals surface area contributed by atoms with Crippen molar-refractivity contribution >= 4 is 11.5 Å². The smallest absolute Gasteiger partial charge is 0.399 e. The Bertz CT molecular complexity index is 913. The summed E-state index contributed by atoms with van der Waals surface area (Å²) in [6.07, 6.45) is 1.86. The normalized spacial score (nSPS) is 12.0. The van der Waals surface area contributed by atoms with Crippen LogP contribution in [0.25, 0.3) is 17.1 Å². The van der Waals surface area contributed by atoms with Gasteiger partial charge in [0, 0.05) is 17.5 Å². The molecule has 0 radical (unpaired) electrons. The molecule has 6 heteroatoms. The minimum Gasteiger partial charge on any atom is -0.399 e. The number of hydrogen-bond donors (Lipinski definition) is 0. The highest BCUT2D eigenvalue weighted by atomic mass is 16.6. The second-order valence-corrected chi connectivity index (χ2v) is 6.81. The van der Waals surface area contributed by atoms with Gasteiger partial charge in [-0.1, -0.05) is 20.8 Å². The topological polar surface area (TPSA) is 73.6 Å². The van der Waals surface area contributed by atoms with Gasteiger partial charge in [0.15, 0.2) is 5.76 Å². The van der Waals surface area contributed by atoms with Crippen LogP contribution in [-0.4, -0.2) is 14.3 Å². The van der Waals surface area contributed by atoms with E-state index < -0.39 is 4.92 Å². The van der Waals surface area contributed by atoms with Gasteiger partial charge in [0.25, 0.3) is 0 Å². The summed E-state index contributed by atoms with van der Waals surface area (Å²) in [7, 11) is 0. The number of fused-ring (bicyclic) bond motifs is 1. The van der Waals surface area contributed by atoms with Crippen molar-refractivity contribution in [2.75, 3.05) is 0 Å². The molecule has 0 amide bonds. The van der Waals surface area contributed by atoms with Crippen LogP contribution in [0, 0.1) is 24.0 Å². The Balaban J connectivity index is 2.25. The first-order valence-corrected chi connectivity index (χ1v) is 7.43. The second-order valence-electron chi connectivity index (χ2n) is 6.81. The molecular formula is C17H19N3O3. The van der Waals surface area contributed by atoms with Crippen molar-refractivity contribution in [3.63, 3.8) is 0 Å². The van der Waals surface area contributed by atoms with Crippen LogP contribution in [0.3, 0.4) is 0 Å². The first kappa shape index (κ1) is 15.3.